The van der Waals surface area contributed by atoms with E-state index in [1.165, 1.54) is 0 Å². The lowest BCUT2D eigenvalue weighted by atomic mass is 10.2. The molecule has 0 aliphatic carbocycles. The molecule has 0 saturated carbocycles. The molecule has 17 heavy (non-hydrogen) atoms. The SMILES string of the molecule is Cc1cccc(Cl)c1NC(=O)CCOCCN. The second-order valence-electron chi connectivity index (χ2n) is 3.63. The fraction of sp³-hybridized carbons (Fsp3) is 0.417. The molecule has 0 aromatic heterocycles. The third-order valence-electron chi connectivity index (χ3n) is 2.22. The van der Waals surface area contributed by atoms with Crippen molar-refractivity contribution in [3.63, 3.8) is 0 Å². The highest BCUT2D eigenvalue weighted by Gasteiger charge is 2.07. The minimum Gasteiger partial charge on any atom is -0.380 e. The largest absolute Gasteiger partial charge is 0.380 e. The Balaban J connectivity index is 2.45. The minimum atomic E-state index is -0.113. The number of hydrogen-bond donors (Lipinski definition) is 2. The van der Waals surface area contributed by atoms with Gasteiger partial charge in [-0.2, -0.15) is 0 Å². The van der Waals surface area contributed by atoms with E-state index in [0.29, 0.717) is 36.9 Å². The standard InChI is InChI=1S/C12H17ClN2O2/c1-9-3-2-4-10(13)12(9)15-11(16)5-7-17-8-6-14/h2-4H,5-8,14H2,1H3,(H,15,16). The molecule has 0 unspecified atom stereocenters. The molecular formula is C12H17ClN2O2. The zero-order valence-electron chi connectivity index (χ0n) is 9.83. The van der Waals surface area contributed by atoms with Crippen molar-refractivity contribution in [2.24, 2.45) is 5.73 Å². The zero-order chi connectivity index (χ0) is 12.7. The number of carbonyl (C=O) groups excluding carboxylic acids is 1. The molecule has 0 bridgehead atoms. The Bertz CT molecular complexity index is 363. The Labute approximate surface area is 106 Å². The number of anilines is 1. The monoisotopic (exact) mass is 256 g/mol. The van der Waals surface area contributed by atoms with Crippen LogP contribution in [0.4, 0.5) is 5.69 Å². The molecule has 1 aromatic carbocycles. The lowest BCUT2D eigenvalue weighted by Crippen LogP contribution is -2.17. The first-order valence-electron chi connectivity index (χ1n) is 5.48. The lowest BCUT2D eigenvalue weighted by molar-refractivity contribution is -0.117. The van der Waals surface area contributed by atoms with Crippen LogP contribution >= 0.6 is 11.6 Å². The average molecular weight is 257 g/mol. The highest BCUT2D eigenvalue weighted by Crippen LogP contribution is 2.25. The van der Waals surface area contributed by atoms with Crippen molar-refractivity contribution in [3.8, 4) is 0 Å². The number of para-hydroxylation sites is 1. The molecule has 94 valence electrons. The highest BCUT2D eigenvalue weighted by atomic mass is 35.5. The summed E-state index contributed by atoms with van der Waals surface area (Å²) < 4.78 is 5.13. The van der Waals surface area contributed by atoms with Gasteiger partial charge in [-0.3, -0.25) is 4.79 Å². The summed E-state index contributed by atoms with van der Waals surface area (Å²) in [6.45, 7) is 3.20. The Morgan fingerprint density at radius 1 is 1.47 bits per heavy atom. The van der Waals surface area contributed by atoms with Crippen molar-refractivity contribution in [2.75, 3.05) is 25.1 Å². The van der Waals surface area contributed by atoms with Gasteiger partial charge in [-0.25, -0.2) is 0 Å². The van der Waals surface area contributed by atoms with Gasteiger partial charge in [0.25, 0.3) is 0 Å². The second-order valence-corrected chi connectivity index (χ2v) is 4.04. The Hall–Kier alpha value is -1.10. The van der Waals surface area contributed by atoms with Crippen LogP contribution in [0.1, 0.15) is 12.0 Å². The molecule has 4 nitrogen and oxygen atoms in total. The molecular weight excluding hydrogens is 240 g/mol. The van der Waals surface area contributed by atoms with Gasteiger partial charge in [0.05, 0.1) is 30.3 Å². The maximum atomic E-state index is 11.6. The van der Waals surface area contributed by atoms with E-state index in [9.17, 15) is 4.79 Å². The molecule has 0 aliphatic heterocycles. The summed E-state index contributed by atoms with van der Waals surface area (Å²) >= 11 is 5.99. The molecule has 0 saturated heterocycles. The van der Waals surface area contributed by atoms with Crippen molar-refractivity contribution in [2.45, 2.75) is 13.3 Å². The number of hydrogen-bond acceptors (Lipinski definition) is 3. The number of benzene rings is 1. The smallest absolute Gasteiger partial charge is 0.226 e. The fourth-order valence-corrected chi connectivity index (χ4v) is 1.61. The summed E-state index contributed by atoms with van der Waals surface area (Å²) in [5.41, 5.74) is 6.87. The molecule has 0 fully saturated rings. The first-order valence-corrected chi connectivity index (χ1v) is 5.85. The number of nitrogens with two attached hydrogens (primary N) is 1. The van der Waals surface area contributed by atoms with Gasteiger partial charge < -0.3 is 15.8 Å². The molecule has 5 heteroatoms. The van der Waals surface area contributed by atoms with Gasteiger partial charge in [-0.15, -0.1) is 0 Å². The molecule has 1 rings (SSSR count). The van der Waals surface area contributed by atoms with E-state index in [4.69, 9.17) is 22.1 Å². The van der Waals surface area contributed by atoms with E-state index in [2.05, 4.69) is 5.32 Å². The van der Waals surface area contributed by atoms with Crippen molar-refractivity contribution in [1.82, 2.24) is 0 Å². The third-order valence-corrected chi connectivity index (χ3v) is 2.54. The van der Waals surface area contributed by atoms with Crippen molar-refractivity contribution in [3.05, 3.63) is 28.8 Å². The lowest BCUT2D eigenvalue weighted by Gasteiger charge is -2.10. The number of halogens is 1. The van der Waals surface area contributed by atoms with Gasteiger partial charge in [0.1, 0.15) is 0 Å². The number of rotatable bonds is 6. The summed E-state index contributed by atoms with van der Waals surface area (Å²) in [7, 11) is 0. The van der Waals surface area contributed by atoms with Gasteiger partial charge >= 0.3 is 0 Å². The quantitative estimate of drug-likeness (QED) is 0.765. The fourth-order valence-electron chi connectivity index (χ4n) is 1.34. The highest BCUT2D eigenvalue weighted by molar-refractivity contribution is 6.33. The minimum absolute atomic E-state index is 0.113. The number of aryl methyl sites for hydroxylation is 1. The summed E-state index contributed by atoms with van der Waals surface area (Å²) in [6, 6.07) is 5.49. The van der Waals surface area contributed by atoms with Crippen LogP contribution in [-0.2, 0) is 9.53 Å². The average Bonchev–Trinajstić information content (AvgIpc) is 2.30. The van der Waals surface area contributed by atoms with Crippen LogP contribution in [0.2, 0.25) is 5.02 Å². The second kappa shape index (κ2) is 7.27. The molecule has 0 aliphatic rings. The molecule has 3 N–H and O–H groups in total. The van der Waals surface area contributed by atoms with Crippen LogP contribution in [0.25, 0.3) is 0 Å². The van der Waals surface area contributed by atoms with Crippen LogP contribution in [0.15, 0.2) is 18.2 Å². The van der Waals surface area contributed by atoms with Crippen LogP contribution in [0, 0.1) is 6.92 Å². The van der Waals surface area contributed by atoms with Crippen molar-refractivity contribution in [1.29, 1.82) is 0 Å². The van der Waals surface area contributed by atoms with E-state index in [1.54, 1.807) is 6.07 Å². The maximum absolute atomic E-state index is 11.6. The van der Waals surface area contributed by atoms with E-state index in [-0.39, 0.29) is 5.91 Å². The summed E-state index contributed by atoms with van der Waals surface area (Å²) in [4.78, 5) is 11.6. The zero-order valence-corrected chi connectivity index (χ0v) is 10.6. The van der Waals surface area contributed by atoms with E-state index >= 15 is 0 Å². The van der Waals surface area contributed by atoms with Gasteiger partial charge in [0.2, 0.25) is 5.91 Å². The molecule has 0 heterocycles. The summed E-state index contributed by atoms with van der Waals surface area (Å²) in [5, 5.41) is 3.32. The van der Waals surface area contributed by atoms with Gasteiger partial charge in [0, 0.05) is 6.54 Å². The predicted octanol–water partition coefficient (Wildman–Crippen LogP) is 1.95. The maximum Gasteiger partial charge on any atom is 0.226 e. The van der Waals surface area contributed by atoms with Gasteiger partial charge in [-0.1, -0.05) is 23.7 Å². The van der Waals surface area contributed by atoms with Crippen LogP contribution < -0.4 is 11.1 Å². The van der Waals surface area contributed by atoms with Crippen molar-refractivity contribution >= 4 is 23.2 Å². The molecule has 0 radical (unpaired) electrons. The van der Waals surface area contributed by atoms with Crippen molar-refractivity contribution < 1.29 is 9.53 Å². The molecule has 1 aromatic rings. The molecule has 0 atom stereocenters. The Morgan fingerprint density at radius 2 is 2.24 bits per heavy atom. The number of carbonyl (C=O) groups is 1. The van der Waals surface area contributed by atoms with Crippen LogP contribution in [0.3, 0.4) is 0 Å². The number of nitrogens with one attached hydrogen (secondary N) is 1. The number of amides is 1. The van der Waals surface area contributed by atoms with Crippen LogP contribution in [-0.4, -0.2) is 25.7 Å². The number of ether oxygens (including phenoxy) is 1. The summed E-state index contributed by atoms with van der Waals surface area (Å²) in [5.74, 6) is -0.113. The summed E-state index contributed by atoms with van der Waals surface area (Å²) in [6.07, 6.45) is 0.296. The van der Waals surface area contributed by atoms with E-state index in [1.807, 2.05) is 19.1 Å². The predicted molar refractivity (Wildman–Crippen MR) is 69.3 cm³/mol. The first kappa shape index (κ1) is 14.0. The Kier molecular flexibility index (Phi) is 5.97. The molecule has 0 spiro atoms. The third kappa shape index (κ3) is 4.73. The molecule has 1 amide bonds. The normalized spacial score (nSPS) is 10.3. The van der Waals surface area contributed by atoms with Gasteiger partial charge in [-0.05, 0) is 18.6 Å². The van der Waals surface area contributed by atoms with Gasteiger partial charge in [0.15, 0.2) is 0 Å². The Morgan fingerprint density at radius 3 is 2.88 bits per heavy atom. The van der Waals surface area contributed by atoms with Crippen LogP contribution in [0.5, 0.6) is 0 Å². The van der Waals surface area contributed by atoms with E-state index in [0.717, 1.165) is 5.56 Å². The first-order chi connectivity index (χ1) is 8.15. The topological polar surface area (TPSA) is 64.3 Å². The van der Waals surface area contributed by atoms with E-state index < -0.39 is 0 Å².